The number of imide groups is 1. The van der Waals surface area contributed by atoms with Crippen LogP contribution in [-0.2, 0) is 14.3 Å². The lowest BCUT2D eigenvalue weighted by Crippen LogP contribution is -2.49. The van der Waals surface area contributed by atoms with Gasteiger partial charge in [0.15, 0.2) is 0 Å². The van der Waals surface area contributed by atoms with Crippen LogP contribution in [0.4, 0.5) is 4.79 Å². The highest BCUT2D eigenvalue weighted by Gasteiger charge is 2.48. The Bertz CT molecular complexity index is 460. The second-order valence-electron chi connectivity index (χ2n) is 6.70. The lowest BCUT2D eigenvalue weighted by Gasteiger charge is -2.23. The highest BCUT2D eigenvalue weighted by atomic mass is 16.5. The standard InChI is InChI=1S/C16H27N3O4/c1-16(11-23-2)14(21)19(15(22)18-16)10-13(20)17-12-8-6-4-3-5-7-9-12/h12H,3-11H2,1-2H3,(H,17,20)(H,18,22)/t16-/m0/s1. The van der Waals surface area contributed by atoms with Crippen LogP contribution in [-0.4, -0.2) is 54.6 Å². The summed E-state index contributed by atoms with van der Waals surface area (Å²) >= 11 is 0. The molecule has 1 atom stereocenters. The number of ether oxygens (including phenoxy) is 1. The maximum Gasteiger partial charge on any atom is 0.325 e. The van der Waals surface area contributed by atoms with Crippen molar-refractivity contribution in [1.29, 1.82) is 0 Å². The maximum absolute atomic E-state index is 12.3. The van der Waals surface area contributed by atoms with Crippen LogP contribution in [0.2, 0.25) is 0 Å². The molecule has 2 aliphatic rings. The van der Waals surface area contributed by atoms with Gasteiger partial charge in [0.2, 0.25) is 5.91 Å². The van der Waals surface area contributed by atoms with E-state index >= 15 is 0 Å². The fourth-order valence-corrected chi connectivity index (χ4v) is 3.29. The van der Waals surface area contributed by atoms with Gasteiger partial charge in [0.05, 0.1) is 6.61 Å². The average Bonchev–Trinajstić information content (AvgIpc) is 2.66. The van der Waals surface area contributed by atoms with Crippen molar-refractivity contribution in [2.75, 3.05) is 20.3 Å². The molecule has 0 aromatic heterocycles. The molecule has 130 valence electrons. The molecule has 23 heavy (non-hydrogen) atoms. The number of hydrogen-bond acceptors (Lipinski definition) is 4. The summed E-state index contributed by atoms with van der Waals surface area (Å²) in [6, 6.07) is -0.392. The van der Waals surface area contributed by atoms with Gasteiger partial charge in [-0.1, -0.05) is 32.1 Å². The minimum atomic E-state index is -1.09. The smallest absolute Gasteiger partial charge is 0.325 e. The first-order valence-corrected chi connectivity index (χ1v) is 8.39. The third-order valence-electron chi connectivity index (χ3n) is 4.55. The number of amides is 4. The molecule has 2 N–H and O–H groups in total. The van der Waals surface area contributed by atoms with Crippen LogP contribution in [0.15, 0.2) is 0 Å². The highest BCUT2D eigenvalue weighted by Crippen LogP contribution is 2.19. The number of hydrogen-bond donors (Lipinski definition) is 2. The van der Waals surface area contributed by atoms with Crippen molar-refractivity contribution >= 4 is 17.8 Å². The van der Waals surface area contributed by atoms with Crippen molar-refractivity contribution in [2.45, 2.75) is 63.5 Å². The van der Waals surface area contributed by atoms with Crippen molar-refractivity contribution in [3.8, 4) is 0 Å². The zero-order valence-corrected chi connectivity index (χ0v) is 14.0. The molecule has 0 bridgehead atoms. The van der Waals surface area contributed by atoms with Gasteiger partial charge in [-0.05, 0) is 19.8 Å². The highest BCUT2D eigenvalue weighted by molar-refractivity contribution is 6.08. The molecule has 2 rings (SSSR count). The molecule has 0 radical (unpaired) electrons. The summed E-state index contributed by atoms with van der Waals surface area (Å²) in [4.78, 5) is 37.5. The number of methoxy groups -OCH3 is 1. The summed E-state index contributed by atoms with van der Waals surface area (Å²) in [5, 5.41) is 5.56. The van der Waals surface area contributed by atoms with Crippen LogP contribution in [0.1, 0.15) is 51.9 Å². The molecule has 2 fully saturated rings. The molecule has 7 nitrogen and oxygen atoms in total. The molecular weight excluding hydrogens is 298 g/mol. The second-order valence-corrected chi connectivity index (χ2v) is 6.70. The summed E-state index contributed by atoms with van der Waals surface area (Å²) in [6.07, 6.45) is 7.82. The van der Waals surface area contributed by atoms with E-state index in [1.807, 2.05) is 0 Å². The quantitative estimate of drug-likeness (QED) is 0.743. The van der Waals surface area contributed by atoms with Gasteiger partial charge in [-0.2, -0.15) is 0 Å². The van der Waals surface area contributed by atoms with E-state index in [-0.39, 0.29) is 25.1 Å². The fraction of sp³-hybridized carbons (Fsp3) is 0.812. The molecule has 1 saturated heterocycles. The van der Waals surface area contributed by atoms with Gasteiger partial charge in [-0.3, -0.25) is 14.5 Å². The maximum atomic E-state index is 12.3. The van der Waals surface area contributed by atoms with Gasteiger partial charge < -0.3 is 15.4 Å². The van der Waals surface area contributed by atoms with Crippen molar-refractivity contribution in [3.63, 3.8) is 0 Å². The largest absolute Gasteiger partial charge is 0.382 e. The second kappa shape index (κ2) is 7.77. The molecule has 0 aromatic rings. The number of nitrogens with zero attached hydrogens (tertiary/aromatic N) is 1. The zero-order valence-electron chi connectivity index (χ0n) is 14.0. The van der Waals surface area contributed by atoms with Crippen LogP contribution < -0.4 is 10.6 Å². The summed E-state index contributed by atoms with van der Waals surface area (Å²) < 4.78 is 4.99. The minimum absolute atomic E-state index is 0.0817. The normalized spacial score (nSPS) is 26.6. The minimum Gasteiger partial charge on any atom is -0.382 e. The van der Waals surface area contributed by atoms with Crippen molar-refractivity contribution in [2.24, 2.45) is 0 Å². The summed E-state index contributed by atoms with van der Waals surface area (Å²) in [7, 11) is 1.47. The number of rotatable bonds is 5. The Morgan fingerprint density at radius 2 is 1.87 bits per heavy atom. The van der Waals surface area contributed by atoms with Crippen LogP contribution in [0.25, 0.3) is 0 Å². The van der Waals surface area contributed by atoms with E-state index in [0.717, 1.165) is 30.6 Å². The van der Waals surface area contributed by atoms with Crippen LogP contribution in [0.3, 0.4) is 0 Å². The Morgan fingerprint density at radius 3 is 2.48 bits per heavy atom. The lowest BCUT2D eigenvalue weighted by atomic mass is 9.97. The Morgan fingerprint density at radius 1 is 1.26 bits per heavy atom. The van der Waals surface area contributed by atoms with Crippen LogP contribution in [0, 0.1) is 0 Å². The van der Waals surface area contributed by atoms with Crippen molar-refractivity contribution in [3.05, 3.63) is 0 Å². The first kappa shape index (κ1) is 17.7. The van der Waals surface area contributed by atoms with E-state index in [9.17, 15) is 14.4 Å². The Hall–Kier alpha value is -1.63. The van der Waals surface area contributed by atoms with E-state index < -0.39 is 17.5 Å². The number of carbonyl (C=O) groups is 3. The van der Waals surface area contributed by atoms with Gasteiger partial charge in [0, 0.05) is 13.2 Å². The molecule has 1 aliphatic carbocycles. The zero-order chi connectivity index (χ0) is 16.9. The van der Waals surface area contributed by atoms with Gasteiger partial charge in [-0.25, -0.2) is 4.79 Å². The predicted octanol–water partition coefficient (Wildman–Crippen LogP) is 1.17. The number of urea groups is 1. The van der Waals surface area contributed by atoms with Crippen LogP contribution in [0.5, 0.6) is 0 Å². The monoisotopic (exact) mass is 325 g/mol. The first-order chi connectivity index (χ1) is 11.0. The molecule has 0 unspecified atom stereocenters. The Balaban J connectivity index is 1.89. The lowest BCUT2D eigenvalue weighted by molar-refractivity contribution is -0.136. The molecule has 7 heteroatoms. The molecule has 1 heterocycles. The van der Waals surface area contributed by atoms with E-state index in [4.69, 9.17) is 4.74 Å². The molecular formula is C16H27N3O4. The fourth-order valence-electron chi connectivity index (χ4n) is 3.29. The average molecular weight is 325 g/mol. The summed E-state index contributed by atoms with van der Waals surface area (Å²) in [5.74, 6) is -0.696. The van der Waals surface area contributed by atoms with E-state index in [2.05, 4.69) is 10.6 Å². The number of nitrogens with one attached hydrogen (secondary N) is 2. The molecule has 0 aromatic carbocycles. The first-order valence-electron chi connectivity index (χ1n) is 8.39. The predicted molar refractivity (Wildman–Crippen MR) is 84.8 cm³/mol. The third kappa shape index (κ3) is 4.43. The number of carbonyl (C=O) groups excluding carboxylic acids is 3. The van der Waals surface area contributed by atoms with Gasteiger partial charge >= 0.3 is 6.03 Å². The third-order valence-corrected chi connectivity index (χ3v) is 4.55. The van der Waals surface area contributed by atoms with Gasteiger partial charge in [0.25, 0.3) is 5.91 Å². The Kier molecular flexibility index (Phi) is 5.98. The molecule has 1 aliphatic heterocycles. The van der Waals surface area contributed by atoms with Crippen LogP contribution >= 0.6 is 0 Å². The van der Waals surface area contributed by atoms with Gasteiger partial charge in [0.1, 0.15) is 12.1 Å². The topological polar surface area (TPSA) is 87.7 Å². The SMILES string of the molecule is COC[C@]1(C)NC(=O)N(CC(=O)NC2CCCCCCC2)C1=O. The van der Waals surface area contributed by atoms with Crippen molar-refractivity contribution in [1.82, 2.24) is 15.5 Å². The van der Waals surface area contributed by atoms with Crippen molar-refractivity contribution < 1.29 is 19.1 Å². The summed E-state index contributed by atoms with van der Waals surface area (Å²) in [6.45, 7) is 1.45. The van der Waals surface area contributed by atoms with E-state index in [1.165, 1.54) is 26.4 Å². The molecule has 0 spiro atoms. The Labute approximate surface area is 137 Å². The van der Waals surface area contributed by atoms with Gasteiger partial charge in [-0.15, -0.1) is 0 Å². The van der Waals surface area contributed by atoms with E-state index in [1.54, 1.807) is 6.92 Å². The molecule has 4 amide bonds. The van der Waals surface area contributed by atoms with E-state index in [0.29, 0.717) is 0 Å². The summed E-state index contributed by atoms with van der Waals surface area (Å²) in [5.41, 5.74) is -1.09. The molecule has 1 saturated carbocycles.